The van der Waals surface area contributed by atoms with Gasteiger partial charge in [0.15, 0.2) is 0 Å². The minimum absolute atomic E-state index is 0.323. The van der Waals surface area contributed by atoms with Crippen LogP contribution in [0.5, 0.6) is 11.5 Å². The summed E-state index contributed by atoms with van der Waals surface area (Å²) in [5.41, 5.74) is 1.78. The molecule has 23 heavy (non-hydrogen) atoms. The molecule has 5 nitrogen and oxygen atoms in total. The van der Waals surface area contributed by atoms with E-state index >= 15 is 0 Å². The van der Waals surface area contributed by atoms with Gasteiger partial charge >= 0.3 is 5.97 Å². The Balaban J connectivity index is 2.22. The summed E-state index contributed by atoms with van der Waals surface area (Å²) in [5.74, 6) is 0.973. The summed E-state index contributed by atoms with van der Waals surface area (Å²) < 4.78 is 15.4. The predicted octanol–water partition coefficient (Wildman–Crippen LogP) is 2.90. The SMILES string of the molecule is COC(=O)[C@H](Cc1ccccc1)Nc1cc(OC)cc(OC)c1. The van der Waals surface area contributed by atoms with E-state index in [0.29, 0.717) is 17.9 Å². The summed E-state index contributed by atoms with van der Waals surface area (Å²) >= 11 is 0. The number of carbonyl (C=O) groups excluding carboxylic acids is 1. The fourth-order valence-electron chi connectivity index (χ4n) is 2.28. The first-order valence-electron chi connectivity index (χ1n) is 7.27. The molecule has 0 aromatic heterocycles. The number of ether oxygens (including phenoxy) is 3. The van der Waals surface area contributed by atoms with Crippen LogP contribution in [-0.4, -0.2) is 33.3 Å². The Morgan fingerprint density at radius 2 is 1.61 bits per heavy atom. The number of nitrogens with one attached hydrogen (secondary N) is 1. The van der Waals surface area contributed by atoms with Gasteiger partial charge in [0.05, 0.1) is 21.3 Å². The predicted molar refractivity (Wildman–Crippen MR) is 89.1 cm³/mol. The van der Waals surface area contributed by atoms with Gasteiger partial charge in [-0.05, 0) is 5.56 Å². The normalized spacial score (nSPS) is 11.4. The summed E-state index contributed by atoms with van der Waals surface area (Å²) in [6.45, 7) is 0. The van der Waals surface area contributed by atoms with Crippen LogP contribution in [0, 0.1) is 0 Å². The van der Waals surface area contributed by atoms with Crippen molar-refractivity contribution in [1.29, 1.82) is 0 Å². The van der Waals surface area contributed by atoms with Crippen LogP contribution in [0.3, 0.4) is 0 Å². The van der Waals surface area contributed by atoms with Crippen molar-refractivity contribution >= 4 is 11.7 Å². The zero-order chi connectivity index (χ0) is 16.7. The van der Waals surface area contributed by atoms with E-state index in [1.165, 1.54) is 7.11 Å². The topological polar surface area (TPSA) is 56.8 Å². The first kappa shape index (κ1) is 16.7. The monoisotopic (exact) mass is 315 g/mol. The molecule has 0 aliphatic rings. The van der Waals surface area contributed by atoms with Crippen molar-refractivity contribution < 1.29 is 19.0 Å². The Labute approximate surface area is 136 Å². The zero-order valence-electron chi connectivity index (χ0n) is 13.5. The summed E-state index contributed by atoms with van der Waals surface area (Å²) in [7, 11) is 4.55. The van der Waals surface area contributed by atoms with Crippen LogP contribution in [0.4, 0.5) is 5.69 Å². The molecule has 0 aliphatic carbocycles. The average Bonchev–Trinajstić information content (AvgIpc) is 2.60. The van der Waals surface area contributed by atoms with Gasteiger partial charge in [-0.25, -0.2) is 4.79 Å². The summed E-state index contributed by atoms with van der Waals surface area (Å²) in [5, 5.41) is 3.19. The number of benzene rings is 2. The quantitative estimate of drug-likeness (QED) is 0.796. The first-order chi connectivity index (χ1) is 11.2. The van der Waals surface area contributed by atoms with Crippen molar-refractivity contribution in [1.82, 2.24) is 0 Å². The maximum atomic E-state index is 12.1. The minimum Gasteiger partial charge on any atom is -0.497 e. The molecule has 2 aromatic carbocycles. The first-order valence-corrected chi connectivity index (χ1v) is 7.27. The third-order valence-corrected chi connectivity index (χ3v) is 3.46. The van der Waals surface area contributed by atoms with Gasteiger partial charge in [-0.3, -0.25) is 0 Å². The highest BCUT2D eigenvalue weighted by atomic mass is 16.5. The Morgan fingerprint density at radius 1 is 1.00 bits per heavy atom. The highest BCUT2D eigenvalue weighted by molar-refractivity contribution is 5.80. The molecule has 2 aromatic rings. The van der Waals surface area contributed by atoms with Gasteiger partial charge in [0.2, 0.25) is 0 Å². The van der Waals surface area contributed by atoms with Crippen LogP contribution in [0.15, 0.2) is 48.5 Å². The second-order valence-electron chi connectivity index (χ2n) is 5.01. The van der Waals surface area contributed by atoms with E-state index in [0.717, 1.165) is 11.3 Å². The van der Waals surface area contributed by atoms with E-state index in [1.807, 2.05) is 42.5 Å². The molecule has 122 valence electrons. The van der Waals surface area contributed by atoms with E-state index in [9.17, 15) is 4.79 Å². The van der Waals surface area contributed by atoms with Crippen LogP contribution in [0.25, 0.3) is 0 Å². The van der Waals surface area contributed by atoms with Crippen LogP contribution in [-0.2, 0) is 16.0 Å². The second kappa shape index (κ2) is 8.08. The fraction of sp³-hybridized carbons (Fsp3) is 0.278. The minimum atomic E-state index is -0.501. The number of anilines is 1. The van der Waals surface area contributed by atoms with E-state index in [4.69, 9.17) is 14.2 Å². The molecule has 0 radical (unpaired) electrons. The zero-order valence-corrected chi connectivity index (χ0v) is 13.5. The average molecular weight is 315 g/mol. The van der Waals surface area contributed by atoms with Crippen molar-refractivity contribution in [3.8, 4) is 11.5 Å². The lowest BCUT2D eigenvalue weighted by molar-refractivity contribution is -0.141. The molecule has 2 rings (SSSR count). The Hall–Kier alpha value is -2.69. The molecule has 0 unspecified atom stereocenters. The van der Waals surface area contributed by atoms with Crippen molar-refractivity contribution in [2.24, 2.45) is 0 Å². The van der Waals surface area contributed by atoms with Crippen LogP contribution in [0.2, 0.25) is 0 Å². The highest BCUT2D eigenvalue weighted by Crippen LogP contribution is 2.26. The lowest BCUT2D eigenvalue weighted by Gasteiger charge is -2.19. The second-order valence-corrected chi connectivity index (χ2v) is 5.01. The summed E-state index contributed by atoms with van der Waals surface area (Å²) in [6, 6.07) is 14.7. The Kier molecular flexibility index (Phi) is 5.86. The molecule has 1 atom stereocenters. The highest BCUT2D eigenvalue weighted by Gasteiger charge is 2.20. The molecular weight excluding hydrogens is 294 g/mol. The van der Waals surface area contributed by atoms with Gasteiger partial charge in [-0.1, -0.05) is 30.3 Å². The van der Waals surface area contributed by atoms with Crippen molar-refractivity contribution in [3.05, 3.63) is 54.1 Å². The molecule has 0 fully saturated rings. The third kappa shape index (κ3) is 4.64. The molecule has 0 amide bonds. The van der Waals surface area contributed by atoms with Gasteiger partial charge in [0, 0.05) is 30.3 Å². The van der Waals surface area contributed by atoms with E-state index in [1.54, 1.807) is 20.3 Å². The maximum absolute atomic E-state index is 12.1. The van der Waals surface area contributed by atoms with Gasteiger partial charge in [-0.2, -0.15) is 0 Å². The molecule has 0 saturated heterocycles. The van der Waals surface area contributed by atoms with Crippen LogP contribution in [0.1, 0.15) is 5.56 Å². The number of carbonyl (C=O) groups is 1. The van der Waals surface area contributed by atoms with Gasteiger partial charge < -0.3 is 19.5 Å². The Bertz CT molecular complexity index is 620. The molecule has 0 spiro atoms. The van der Waals surface area contributed by atoms with E-state index in [2.05, 4.69) is 5.32 Å². The summed E-state index contributed by atoms with van der Waals surface area (Å²) in [4.78, 5) is 12.1. The van der Waals surface area contributed by atoms with Gasteiger partial charge in [-0.15, -0.1) is 0 Å². The molecule has 0 bridgehead atoms. The van der Waals surface area contributed by atoms with Gasteiger partial charge in [0.1, 0.15) is 17.5 Å². The molecule has 0 heterocycles. The molecule has 5 heteroatoms. The smallest absolute Gasteiger partial charge is 0.328 e. The maximum Gasteiger partial charge on any atom is 0.328 e. The number of hydrogen-bond acceptors (Lipinski definition) is 5. The standard InChI is InChI=1S/C18H21NO4/c1-21-15-10-14(11-16(12-15)22-2)19-17(18(20)23-3)9-13-7-5-4-6-8-13/h4-8,10-12,17,19H,9H2,1-3H3/t17-/m0/s1. The van der Waals surface area contributed by atoms with E-state index in [-0.39, 0.29) is 5.97 Å². The summed E-state index contributed by atoms with van der Waals surface area (Å²) in [6.07, 6.45) is 0.521. The lowest BCUT2D eigenvalue weighted by Crippen LogP contribution is -2.32. The number of hydrogen-bond donors (Lipinski definition) is 1. The number of esters is 1. The van der Waals surface area contributed by atoms with Crippen molar-refractivity contribution in [2.75, 3.05) is 26.6 Å². The van der Waals surface area contributed by atoms with Crippen molar-refractivity contribution in [3.63, 3.8) is 0 Å². The van der Waals surface area contributed by atoms with Gasteiger partial charge in [0.25, 0.3) is 0 Å². The van der Waals surface area contributed by atoms with E-state index < -0.39 is 6.04 Å². The molecule has 1 N–H and O–H groups in total. The number of methoxy groups -OCH3 is 3. The molecule has 0 aliphatic heterocycles. The number of rotatable bonds is 7. The fourth-order valence-corrected chi connectivity index (χ4v) is 2.28. The largest absolute Gasteiger partial charge is 0.497 e. The molecule has 0 saturated carbocycles. The van der Waals surface area contributed by atoms with Crippen LogP contribution < -0.4 is 14.8 Å². The lowest BCUT2D eigenvalue weighted by atomic mass is 10.1. The molecular formula is C18H21NO4. The van der Waals surface area contributed by atoms with Crippen molar-refractivity contribution in [2.45, 2.75) is 12.5 Å². The Morgan fingerprint density at radius 3 is 2.13 bits per heavy atom. The third-order valence-electron chi connectivity index (χ3n) is 3.46. The van der Waals surface area contributed by atoms with Crippen LogP contribution >= 0.6 is 0 Å².